The van der Waals surface area contributed by atoms with Gasteiger partial charge in [0, 0.05) is 18.7 Å². The second kappa shape index (κ2) is 5.95. The SMILES string of the molecule is COC(=O)[C@H](C)NCc1ccc([N+](=O)[O-])cc1. The molecule has 6 nitrogen and oxygen atoms in total. The van der Waals surface area contributed by atoms with E-state index in [0.717, 1.165) is 5.56 Å². The third-order valence-electron chi connectivity index (χ3n) is 2.31. The van der Waals surface area contributed by atoms with Crippen molar-refractivity contribution in [3.05, 3.63) is 39.9 Å². The van der Waals surface area contributed by atoms with E-state index in [1.807, 2.05) is 0 Å². The van der Waals surface area contributed by atoms with Gasteiger partial charge in [0.25, 0.3) is 5.69 Å². The molecule has 1 atom stereocenters. The van der Waals surface area contributed by atoms with Gasteiger partial charge in [-0.1, -0.05) is 12.1 Å². The van der Waals surface area contributed by atoms with Crippen molar-refractivity contribution >= 4 is 11.7 Å². The zero-order valence-electron chi connectivity index (χ0n) is 9.67. The number of non-ortho nitro benzene ring substituents is 1. The van der Waals surface area contributed by atoms with Crippen LogP contribution in [-0.4, -0.2) is 24.0 Å². The Bertz CT molecular complexity index is 402. The lowest BCUT2D eigenvalue weighted by molar-refractivity contribution is -0.384. The fourth-order valence-corrected chi connectivity index (χ4v) is 1.27. The largest absolute Gasteiger partial charge is 0.468 e. The van der Waals surface area contributed by atoms with Crippen LogP contribution in [0.4, 0.5) is 5.69 Å². The lowest BCUT2D eigenvalue weighted by atomic mass is 10.2. The highest BCUT2D eigenvalue weighted by Crippen LogP contribution is 2.11. The Labute approximate surface area is 98.7 Å². The van der Waals surface area contributed by atoms with Gasteiger partial charge in [-0.25, -0.2) is 0 Å². The van der Waals surface area contributed by atoms with Gasteiger partial charge in [-0.15, -0.1) is 0 Å². The minimum Gasteiger partial charge on any atom is -0.468 e. The number of ether oxygens (including phenoxy) is 1. The molecule has 1 aromatic rings. The molecule has 0 saturated heterocycles. The number of hydrogen-bond acceptors (Lipinski definition) is 5. The zero-order chi connectivity index (χ0) is 12.8. The molecule has 1 N–H and O–H groups in total. The Morgan fingerprint density at radius 2 is 2.06 bits per heavy atom. The number of carbonyl (C=O) groups is 1. The Morgan fingerprint density at radius 1 is 1.47 bits per heavy atom. The van der Waals surface area contributed by atoms with Crippen molar-refractivity contribution in [2.45, 2.75) is 19.5 Å². The van der Waals surface area contributed by atoms with Crippen molar-refractivity contribution in [1.82, 2.24) is 5.32 Å². The minimum atomic E-state index is -0.450. The number of hydrogen-bond donors (Lipinski definition) is 1. The number of nitro benzene ring substituents is 1. The Morgan fingerprint density at radius 3 is 2.53 bits per heavy atom. The minimum absolute atomic E-state index is 0.0507. The normalized spacial score (nSPS) is 11.9. The van der Waals surface area contributed by atoms with E-state index < -0.39 is 11.0 Å². The van der Waals surface area contributed by atoms with Crippen LogP contribution < -0.4 is 5.32 Å². The van der Waals surface area contributed by atoms with Gasteiger partial charge in [0.1, 0.15) is 6.04 Å². The molecular formula is C11H14N2O4. The van der Waals surface area contributed by atoms with E-state index in [-0.39, 0.29) is 11.7 Å². The number of methoxy groups -OCH3 is 1. The molecule has 1 rings (SSSR count). The molecule has 0 heterocycles. The van der Waals surface area contributed by atoms with Gasteiger partial charge >= 0.3 is 5.97 Å². The van der Waals surface area contributed by atoms with Crippen molar-refractivity contribution in [1.29, 1.82) is 0 Å². The maximum absolute atomic E-state index is 11.1. The molecule has 17 heavy (non-hydrogen) atoms. The van der Waals surface area contributed by atoms with Gasteiger partial charge in [-0.2, -0.15) is 0 Å². The molecule has 0 unspecified atom stereocenters. The zero-order valence-corrected chi connectivity index (χ0v) is 9.67. The number of carbonyl (C=O) groups excluding carboxylic acids is 1. The van der Waals surface area contributed by atoms with E-state index in [1.165, 1.54) is 19.2 Å². The van der Waals surface area contributed by atoms with Crippen molar-refractivity contribution in [3.8, 4) is 0 Å². The number of esters is 1. The van der Waals surface area contributed by atoms with Crippen molar-refractivity contribution in [2.75, 3.05) is 7.11 Å². The number of nitro groups is 1. The molecular weight excluding hydrogens is 224 g/mol. The Hall–Kier alpha value is -1.95. The summed E-state index contributed by atoms with van der Waals surface area (Å²) in [7, 11) is 1.33. The van der Waals surface area contributed by atoms with E-state index in [1.54, 1.807) is 19.1 Å². The Balaban J connectivity index is 2.53. The number of nitrogens with one attached hydrogen (secondary N) is 1. The lowest BCUT2D eigenvalue weighted by Crippen LogP contribution is -2.34. The van der Waals surface area contributed by atoms with E-state index in [9.17, 15) is 14.9 Å². The summed E-state index contributed by atoms with van der Waals surface area (Å²) in [6.07, 6.45) is 0. The third kappa shape index (κ3) is 3.84. The molecule has 0 radical (unpaired) electrons. The van der Waals surface area contributed by atoms with Crippen LogP contribution in [0.1, 0.15) is 12.5 Å². The summed E-state index contributed by atoms with van der Waals surface area (Å²) >= 11 is 0. The first-order chi connectivity index (χ1) is 8.04. The van der Waals surface area contributed by atoms with Crippen LogP contribution in [0.15, 0.2) is 24.3 Å². The molecule has 0 amide bonds. The average Bonchev–Trinajstić information content (AvgIpc) is 2.35. The van der Waals surface area contributed by atoms with Gasteiger partial charge < -0.3 is 10.1 Å². The fraction of sp³-hybridized carbons (Fsp3) is 0.364. The third-order valence-corrected chi connectivity index (χ3v) is 2.31. The molecule has 1 aromatic carbocycles. The fourth-order valence-electron chi connectivity index (χ4n) is 1.27. The summed E-state index contributed by atoms with van der Waals surface area (Å²) in [5, 5.41) is 13.4. The predicted octanol–water partition coefficient (Wildman–Crippen LogP) is 1.25. The van der Waals surface area contributed by atoms with Gasteiger partial charge in [0.05, 0.1) is 12.0 Å². The second-order valence-corrected chi connectivity index (χ2v) is 3.55. The molecule has 0 aliphatic carbocycles. The van der Waals surface area contributed by atoms with E-state index in [0.29, 0.717) is 6.54 Å². The van der Waals surface area contributed by atoms with Crippen LogP contribution in [0.25, 0.3) is 0 Å². The van der Waals surface area contributed by atoms with Gasteiger partial charge in [-0.05, 0) is 12.5 Å². The van der Waals surface area contributed by atoms with Crippen LogP contribution in [0.5, 0.6) is 0 Å². The highest BCUT2D eigenvalue weighted by atomic mass is 16.6. The van der Waals surface area contributed by atoms with Gasteiger partial charge in [-0.3, -0.25) is 14.9 Å². The maximum atomic E-state index is 11.1. The number of rotatable bonds is 5. The van der Waals surface area contributed by atoms with Gasteiger partial charge in [0.15, 0.2) is 0 Å². The standard InChI is InChI=1S/C11H14N2O4/c1-8(11(14)17-2)12-7-9-3-5-10(6-4-9)13(15)16/h3-6,8,12H,7H2,1-2H3/t8-/m0/s1. The van der Waals surface area contributed by atoms with Crippen LogP contribution in [0.3, 0.4) is 0 Å². The summed E-state index contributed by atoms with van der Waals surface area (Å²) in [6.45, 7) is 2.14. The topological polar surface area (TPSA) is 81.5 Å². The quantitative estimate of drug-likeness (QED) is 0.474. The van der Waals surface area contributed by atoms with E-state index in [4.69, 9.17) is 0 Å². The summed E-state index contributed by atoms with van der Waals surface area (Å²) < 4.78 is 4.56. The highest BCUT2D eigenvalue weighted by Gasteiger charge is 2.12. The summed E-state index contributed by atoms with van der Waals surface area (Å²) in [4.78, 5) is 21.1. The molecule has 92 valence electrons. The molecule has 0 fully saturated rings. The van der Waals surface area contributed by atoms with Crippen LogP contribution >= 0.6 is 0 Å². The van der Waals surface area contributed by atoms with Crippen molar-refractivity contribution < 1.29 is 14.5 Å². The highest BCUT2D eigenvalue weighted by molar-refractivity contribution is 5.75. The summed E-state index contributed by atoms with van der Waals surface area (Å²) in [5.74, 6) is -0.341. The second-order valence-electron chi connectivity index (χ2n) is 3.55. The first kappa shape index (κ1) is 13.1. The summed E-state index contributed by atoms with van der Waals surface area (Å²) in [5.41, 5.74) is 0.918. The Kier molecular flexibility index (Phi) is 4.59. The first-order valence-corrected chi connectivity index (χ1v) is 5.09. The maximum Gasteiger partial charge on any atom is 0.322 e. The molecule has 6 heteroatoms. The molecule has 0 aliphatic heterocycles. The first-order valence-electron chi connectivity index (χ1n) is 5.09. The van der Waals surface area contributed by atoms with Crippen LogP contribution in [-0.2, 0) is 16.1 Å². The van der Waals surface area contributed by atoms with Crippen LogP contribution in [0.2, 0.25) is 0 Å². The molecule has 0 aliphatic rings. The van der Waals surface area contributed by atoms with Crippen molar-refractivity contribution in [2.24, 2.45) is 0 Å². The van der Waals surface area contributed by atoms with Crippen LogP contribution in [0, 0.1) is 10.1 Å². The smallest absolute Gasteiger partial charge is 0.322 e. The molecule has 0 saturated carbocycles. The van der Waals surface area contributed by atoms with Crippen molar-refractivity contribution in [3.63, 3.8) is 0 Å². The molecule has 0 bridgehead atoms. The molecule has 0 spiro atoms. The van der Waals surface area contributed by atoms with E-state index >= 15 is 0 Å². The number of nitrogens with zero attached hydrogens (tertiary/aromatic N) is 1. The summed E-state index contributed by atoms with van der Waals surface area (Å²) in [6, 6.07) is 5.75. The monoisotopic (exact) mass is 238 g/mol. The predicted molar refractivity (Wildman–Crippen MR) is 61.4 cm³/mol. The van der Waals surface area contributed by atoms with E-state index in [2.05, 4.69) is 10.1 Å². The number of benzene rings is 1. The lowest BCUT2D eigenvalue weighted by Gasteiger charge is -2.11. The van der Waals surface area contributed by atoms with Gasteiger partial charge in [0.2, 0.25) is 0 Å². The molecule has 0 aromatic heterocycles. The average molecular weight is 238 g/mol.